The molecule has 9 heteroatoms. The second-order valence-corrected chi connectivity index (χ2v) is 7.57. The molecule has 156 valence electrons. The first-order valence-corrected chi connectivity index (χ1v) is 9.98. The number of esters is 1. The summed E-state index contributed by atoms with van der Waals surface area (Å²) in [6, 6.07) is 10.7. The van der Waals surface area contributed by atoms with Gasteiger partial charge in [-0.3, -0.25) is 24.1 Å². The third kappa shape index (κ3) is 4.73. The molecular weight excluding hydrogens is 459 g/mol. The average Bonchev–Trinajstić information content (AvgIpc) is 2.95. The van der Waals surface area contributed by atoms with E-state index >= 15 is 0 Å². The molecule has 0 aromatic heterocycles. The number of fused-ring (bicyclic) bond motifs is 1. The first-order valence-electron chi connectivity index (χ1n) is 9.18. The minimum absolute atomic E-state index is 0.0308. The number of carbonyl (C=O) groups excluding carboxylic acids is 4. The van der Waals surface area contributed by atoms with Gasteiger partial charge in [0.15, 0.2) is 6.10 Å². The normalized spacial score (nSPS) is 13.8. The first kappa shape index (κ1) is 21.6. The fourth-order valence-corrected chi connectivity index (χ4v) is 3.29. The van der Waals surface area contributed by atoms with Crippen LogP contribution in [0.25, 0.3) is 0 Å². The number of nitrogens with one attached hydrogen (secondary N) is 1. The van der Waals surface area contributed by atoms with Gasteiger partial charge in [0.1, 0.15) is 5.82 Å². The molecule has 0 aliphatic carbocycles. The lowest BCUT2D eigenvalue weighted by atomic mass is 10.1. The summed E-state index contributed by atoms with van der Waals surface area (Å²) in [6.45, 7) is 1.43. The van der Waals surface area contributed by atoms with Gasteiger partial charge >= 0.3 is 5.97 Å². The van der Waals surface area contributed by atoms with Crippen LogP contribution in [0, 0.1) is 5.82 Å². The van der Waals surface area contributed by atoms with Crippen molar-refractivity contribution in [1.82, 2.24) is 4.90 Å². The van der Waals surface area contributed by atoms with Crippen molar-refractivity contribution in [3.05, 3.63) is 63.9 Å². The van der Waals surface area contributed by atoms with Crippen molar-refractivity contribution in [3.8, 4) is 0 Å². The lowest BCUT2D eigenvalue weighted by Crippen LogP contribution is -2.32. The van der Waals surface area contributed by atoms with Crippen molar-refractivity contribution in [2.45, 2.75) is 25.9 Å². The van der Waals surface area contributed by atoms with Crippen molar-refractivity contribution in [3.63, 3.8) is 0 Å². The number of ether oxygens (including phenoxy) is 1. The van der Waals surface area contributed by atoms with Gasteiger partial charge in [-0.1, -0.05) is 28.1 Å². The third-order valence-electron chi connectivity index (χ3n) is 4.51. The van der Waals surface area contributed by atoms with Gasteiger partial charge in [0.25, 0.3) is 17.7 Å². The van der Waals surface area contributed by atoms with E-state index in [9.17, 15) is 23.6 Å². The number of anilines is 1. The van der Waals surface area contributed by atoms with Crippen LogP contribution in [0.5, 0.6) is 0 Å². The standard InChI is InChI=1S/C21H18BrFN2O5/c1-12(19(27)24-17-9-8-13(22)11-16(17)23)30-18(26)7-4-10-25-20(28)14-5-2-3-6-15(14)21(25)29/h2-3,5-6,8-9,11-12H,4,7,10H2,1H3,(H,24,27). The molecule has 0 radical (unpaired) electrons. The lowest BCUT2D eigenvalue weighted by Gasteiger charge is -2.15. The summed E-state index contributed by atoms with van der Waals surface area (Å²) in [5.41, 5.74) is 0.655. The van der Waals surface area contributed by atoms with E-state index in [0.29, 0.717) is 15.6 Å². The van der Waals surface area contributed by atoms with E-state index in [1.807, 2.05) is 0 Å². The fourth-order valence-electron chi connectivity index (χ4n) is 2.96. The maximum Gasteiger partial charge on any atom is 0.306 e. The Hall–Kier alpha value is -3.07. The van der Waals surface area contributed by atoms with Crippen molar-refractivity contribution in [1.29, 1.82) is 0 Å². The zero-order valence-electron chi connectivity index (χ0n) is 16.0. The molecule has 2 aromatic rings. The molecule has 2 aromatic carbocycles. The van der Waals surface area contributed by atoms with E-state index in [4.69, 9.17) is 4.74 Å². The van der Waals surface area contributed by atoms with Crippen molar-refractivity contribution < 1.29 is 28.3 Å². The topological polar surface area (TPSA) is 92.8 Å². The molecule has 0 saturated heterocycles. The molecule has 3 rings (SSSR count). The molecule has 1 atom stereocenters. The summed E-state index contributed by atoms with van der Waals surface area (Å²) < 4.78 is 19.4. The third-order valence-corrected chi connectivity index (χ3v) is 5.00. The molecule has 1 N–H and O–H groups in total. The van der Waals surface area contributed by atoms with Crippen LogP contribution in [0.3, 0.4) is 0 Å². The van der Waals surface area contributed by atoms with Crippen LogP contribution in [0.15, 0.2) is 46.9 Å². The molecule has 1 aliphatic heterocycles. The minimum atomic E-state index is -1.14. The lowest BCUT2D eigenvalue weighted by molar-refractivity contribution is -0.153. The van der Waals surface area contributed by atoms with E-state index in [1.54, 1.807) is 30.3 Å². The van der Waals surface area contributed by atoms with E-state index in [1.165, 1.54) is 19.1 Å². The Labute approximate surface area is 180 Å². The Kier molecular flexibility index (Phi) is 6.61. The van der Waals surface area contributed by atoms with Crippen LogP contribution in [-0.4, -0.2) is 41.2 Å². The van der Waals surface area contributed by atoms with Gasteiger partial charge in [0.05, 0.1) is 16.8 Å². The van der Waals surface area contributed by atoms with Gasteiger partial charge in [-0.25, -0.2) is 4.39 Å². The summed E-state index contributed by atoms with van der Waals surface area (Å²) in [6.07, 6.45) is -1.03. The van der Waals surface area contributed by atoms with Gasteiger partial charge in [-0.05, 0) is 43.7 Å². The van der Waals surface area contributed by atoms with Gasteiger partial charge < -0.3 is 10.1 Å². The summed E-state index contributed by atoms with van der Waals surface area (Å²) in [5, 5.41) is 2.36. The summed E-state index contributed by atoms with van der Waals surface area (Å²) >= 11 is 3.12. The number of amides is 3. The molecular formula is C21H18BrFN2O5. The van der Waals surface area contributed by atoms with Crippen LogP contribution >= 0.6 is 15.9 Å². The molecule has 3 amide bonds. The summed E-state index contributed by atoms with van der Waals surface area (Å²) in [4.78, 5) is 49.8. The highest BCUT2D eigenvalue weighted by Gasteiger charge is 2.34. The number of carbonyl (C=O) groups is 4. The Morgan fingerprint density at radius 3 is 2.37 bits per heavy atom. The van der Waals surface area contributed by atoms with Crippen molar-refractivity contribution in [2.24, 2.45) is 0 Å². The second-order valence-electron chi connectivity index (χ2n) is 6.66. The highest BCUT2D eigenvalue weighted by atomic mass is 79.9. The largest absolute Gasteiger partial charge is 0.453 e. The van der Waals surface area contributed by atoms with Crippen LogP contribution in [0.4, 0.5) is 10.1 Å². The zero-order valence-corrected chi connectivity index (χ0v) is 17.6. The second kappa shape index (κ2) is 9.17. The average molecular weight is 477 g/mol. The van der Waals surface area contributed by atoms with Crippen molar-refractivity contribution in [2.75, 3.05) is 11.9 Å². The van der Waals surface area contributed by atoms with Gasteiger partial charge in [-0.2, -0.15) is 0 Å². The Bertz CT molecular complexity index is 991. The van der Waals surface area contributed by atoms with Gasteiger partial charge in [-0.15, -0.1) is 0 Å². The Morgan fingerprint density at radius 1 is 1.13 bits per heavy atom. The molecule has 1 aliphatic rings. The summed E-state index contributed by atoms with van der Waals surface area (Å²) in [5.74, 6) is -2.76. The van der Waals surface area contributed by atoms with E-state index in [-0.39, 0.29) is 25.1 Å². The molecule has 7 nitrogen and oxygen atoms in total. The number of imide groups is 1. The maximum absolute atomic E-state index is 13.8. The van der Waals surface area contributed by atoms with E-state index in [2.05, 4.69) is 21.2 Å². The number of benzene rings is 2. The first-order chi connectivity index (χ1) is 14.3. The Morgan fingerprint density at radius 2 is 1.77 bits per heavy atom. The fraction of sp³-hybridized carbons (Fsp3) is 0.238. The van der Waals surface area contributed by atoms with E-state index < -0.39 is 35.6 Å². The summed E-state index contributed by atoms with van der Waals surface area (Å²) in [7, 11) is 0. The zero-order chi connectivity index (χ0) is 21.8. The molecule has 0 spiro atoms. The minimum Gasteiger partial charge on any atom is -0.453 e. The Balaban J connectivity index is 1.46. The van der Waals surface area contributed by atoms with Crippen LogP contribution in [-0.2, 0) is 14.3 Å². The molecule has 0 fully saturated rings. The number of hydrogen-bond donors (Lipinski definition) is 1. The molecule has 30 heavy (non-hydrogen) atoms. The molecule has 0 bridgehead atoms. The molecule has 1 heterocycles. The highest BCUT2D eigenvalue weighted by Crippen LogP contribution is 2.23. The predicted molar refractivity (Wildman–Crippen MR) is 109 cm³/mol. The molecule has 0 saturated carbocycles. The number of halogens is 2. The highest BCUT2D eigenvalue weighted by molar-refractivity contribution is 9.10. The van der Waals surface area contributed by atoms with Crippen LogP contribution < -0.4 is 5.32 Å². The SMILES string of the molecule is CC(OC(=O)CCCN1C(=O)c2ccccc2C1=O)C(=O)Nc1ccc(Br)cc1F. The van der Waals surface area contributed by atoms with E-state index in [0.717, 1.165) is 4.90 Å². The maximum atomic E-state index is 13.8. The predicted octanol–water partition coefficient (Wildman–Crippen LogP) is 3.53. The van der Waals surface area contributed by atoms with Crippen LogP contribution in [0.1, 0.15) is 40.5 Å². The molecule has 1 unspecified atom stereocenters. The van der Waals surface area contributed by atoms with Crippen LogP contribution in [0.2, 0.25) is 0 Å². The monoisotopic (exact) mass is 476 g/mol. The number of hydrogen-bond acceptors (Lipinski definition) is 5. The number of nitrogens with zero attached hydrogens (tertiary/aromatic N) is 1. The number of rotatable bonds is 7. The smallest absolute Gasteiger partial charge is 0.306 e. The van der Waals surface area contributed by atoms with Crippen molar-refractivity contribution >= 4 is 45.3 Å². The van der Waals surface area contributed by atoms with Gasteiger partial charge in [0, 0.05) is 17.4 Å². The van der Waals surface area contributed by atoms with Gasteiger partial charge in [0.2, 0.25) is 0 Å². The quantitative estimate of drug-likeness (QED) is 0.487.